The molecule has 164 valence electrons. The Bertz CT molecular complexity index is 1180. The summed E-state index contributed by atoms with van der Waals surface area (Å²) < 4.78 is 2.32. The van der Waals surface area contributed by atoms with E-state index in [9.17, 15) is 9.59 Å². The van der Waals surface area contributed by atoms with E-state index in [0.717, 1.165) is 44.0 Å². The van der Waals surface area contributed by atoms with Crippen molar-refractivity contribution in [3.8, 4) is 0 Å². The van der Waals surface area contributed by atoms with Crippen LogP contribution < -0.4 is 4.90 Å². The second-order valence-corrected chi connectivity index (χ2v) is 11.5. The number of carbonyl (C=O) groups excluding carboxylic acids is 1. The predicted octanol–water partition coefficient (Wildman–Crippen LogP) is 6.29. The highest BCUT2D eigenvalue weighted by Gasteiger charge is 2.43. The summed E-state index contributed by atoms with van der Waals surface area (Å²) in [7, 11) is 0. The van der Waals surface area contributed by atoms with Crippen LogP contribution in [0.25, 0.3) is 6.08 Å². The van der Waals surface area contributed by atoms with E-state index in [-0.39, 0.29) is 10.2 Å². The molecule has 32 heavy (non-hydrogen) atoms. The summed E-state index contributed by atoms with van der Waals surface area (Å²) in [5.41, 5.74) is 4.57. The number of hydrogen-bond donors (Lipinski definition) is 1. The standard InChI is InChI=1S/C23H18Br2N2O3S2/c24-13-4-6-14(7-5-13)27-18-3-1-2-15(18)16-8-12(9-17(25)21(16)27)10-19-22(30)26(11-20(28)29)23(31)32-19/h4-10,15,18H,1-3,11H2,(H,28,29). The van der Waals surface area contributed by atoms with E-state index in [1.54, 1.807) is 0 Å². The first-order chi connectivity index (χ1) is 15.3. The average Bonchev–Trinajstić information content (AvgIpc) is 3.39. The van der Waals surface area contributed by atoms with E-state index < -0.39 is 12.5 Å². The predicted molar refractivity (Wildman–Crippen MR) is 138 cm³/mol. The number of thiocarbonyl (C=S) groups is 1. The fourth-order valence-electron chi connectivity index (χ4n) is 4.89. The van der Waals surface area contributed by atoms with Gasteiger partial charge in [-0.15, -0.1) is 0 Å². The molecule has 0 radical (unpaired) electrons. The van der Waals surface area contributed by atoms with E-state index in [1.807, 2.05) is 12.1 Å². The molecule has 2 unspecified atom stereocenters. The topological polar surface area (TPSA) is 60.9 Å². The van der Waals surface area contributed by atoms with Crippen LogP contribution in [0.4, 0.5) is 11.4 Å². The van der Waals surface area contributed by atoms with Crippen LogP contribution in [-0.2, 0) is 9.59 Å². The van der Waals surface area contributed by atoms with Gasteiger partial charge in [-0.25, -0.2) is 0 Å². The molecule has 2 fully saturated rings. The molecule has 5 rings (SSSR count). The van der Waals surface area contributed by atoms with Crippen molar-refractivity contribution in [1.29, 1.82) is 0 Å². The number of thioether (sulfide) groups is 1. The molecular weight excluding hydrogens is 576 g/mol. The van der Waals surface area contributed by atoms with Crippen molar-refractivity contribution >= 4 is 89.5 Å². The summed E-state index contributed by atoms with van der Waals surface area (Å²) in [6.07, 6.45) is 5.29. The zero-order valence-electron chi connectivity index (χ0n) is 16.8. The van der Waals surface area contributed by atoms with Gasteiger partial charge in [0.2, 0.25) is 0 Å². The van der Waals surface area contributed by atoms with Crippen molar-refractivity contribution in [2.75, 3.05) is 11.4 Å². The number of rotatable bonds is 4. The van der Waals surface area contributed by atoms with Crippen molar-refractivity contribution < 1.29 is 14.7 Å². The molecule has 0 bridgehead atoms. The number of carbonyl (C=O) groups is 2. The third-order valence-electron chi connectivity index (χ3n) is 6.14. The molecule has 1 saturated heterocycles. The molecule has 9 heteroatoms. The Morgan fingerprint density at radius 2 is 1.97 bits per heavy atom. The molecule has 1 aliphatic carbocycles. The summed E-state index contributed by atoms with van der Waals surface area (Å²) in [4.78, 5) is 27.8. The van der Waals surface area contributed by atoms with Crippen LogP contribution in [0.5, 0.6) is 0 Å². The molecule has 2 aliphatic heterocycles. The van der Waals surface area contributed by atoms with E-state index >= 15 is 0 Å². The van der Waals surface area contributed by atoms with Gasteiger partial charge in [0, 0.05) is 26.6 Å². The lowest BCUT2D eigenvalue weighted by molar-refractivity contribution is -0.140. The molecule has 0 aromatic heterocycles. The summed E-state index contributed by atoms with van der Waals surface area (Å²) >= 11 is 13.7. The van der Waals surface area contributed by atoms with Crippen LogP contribution in [-0.4, -0.2) is 38.8 Å². The van der Waals surface area contributed by atoms with Crippen molar-refractivity contribution in [3.05, 3.63) is 61.4 Å². The maximum Gasteiger partial charge on any atom is 0.323 e. The summed E-state index contributed by atoms with van der Waals surface area (Å²) in [5, 5.41) is 9.05. The Morgan fingerprint density at radius 3 is 2.69 bits per heavy atom. The Kier molecular flexibility index (Phi) is 5.94. The zero-order chi connectivity index (χ0) is 22.6. The first kappa shape index (κ1) is 22.1. The molecule has 5 nitrogen and oxygen atoms in total. The van der Waals surface area contributed by atoms with Crippen LogP contribution >= 0.6 is 55.8 Å². The van der Waals surface area contributed by atoms with Gasteiger partial charge in [0.1, 0.15) is 10.9 Å². The number of aliphatic carboxylic acids is 1. The average molecular weight is 594 g/mol. The number of carboxylic acid groups (broad SMARTS) is 1. The van der Waals surface area contributed by atoms with Gasteiger partial charge in [-0.05, 0) is 82.4 Å². The number of benzene rings is 2. The molecule has 2 heterocycles. The van der Waals surface area contributed by atoms with E-state index in [2.05, 4.69) is 67.1 Å². The first-order valence-corrected chi connectivity index (χ1v) is 13.0. The Morgan fingerprint density at radius 1 is 1.22 bits per heavy atom. The third kappa shape index (κ3) is 3.83. The van der Waals surface area contributed by atoms with Crippen molar-refractivity contribution in [2.45, 2.75) is 31.2 Å². The van der Waals surface area contributed by atoms with Crippen molar-refractivity contribution in [1.82, 2.24) is 4.90 Å². The molecule has 1 N–H and O–H groups in total. The highest BCUT2D eigenvalue weighted by atomic mass is 79.9. The molecule has 2 aromatic carbocycles. The minimum atomic E-state index is -1.08. The highest BCUT2D eigenvalue weighted by molar-refractivity contribution is 9.10. The van der Waals surface area contributed by atoms with Gasteiger partial charge >= 0.3 is 5.97 Å². The second kappa shape index (κ2) is 8.59. The summed E-state index contributed by atoms with van der Waals surface area (Å²) in [5.74, 6) is -0.989. The summed E-state index contributed by atoms with van der Waals surface area (Å²) in [6, 6.07) is 13.0. The fraction of sp³-hybridized carbons (Fsp3) is 0.261. The largest absolute Gasteiger partial charge is 0.480 e. The monoisotopic (exact) mass is 592 g/mol. The smallest absolute Gasteiger partial charge is 0.323 e. The molecule has 0 spiro atoms. The Labute approximate surface area is 212 Å². The molecule has 3 aliphatic rings. The highest BCUT2D eigenvalue weighted by Crippen LogP contribution is 2.55. The number of carboxylic acids is 1. The Hall–Kier alpha value is -1.68. The normalized spacial score (nSPS) is 23.2. The maximum absolute atomic E-state index is 12.7. The Balaban J connectivity index is 1.53. The molecule has 2 aromatic rings. The molecular formula is C23H18Br2N2O3S2. The first-order valence-electron chi connectivity index (χ1n) is 10.2. The van der Waals surface area contributed by atoms with Gasteiger partial charge in [0.15, 0.2) is 0 Å². The van der Waals surface area contributed by atoms with Crippen molar-refractivity contribution in [2.24, 2.45) is 0 Å². The lowest BCUT2D eigenvalue weighted by atomic mass is 9.96. The lowest BCUT2D eigenvalue weighted by Gasteiger charge is -2.28. The van der Waals surface area contributed by atoms with Crippen LogP contribution in [0.3, 0.4) is 0 Å². The number of nitrogens with zero attached hydrogens (tertiary/aromatic N) is 2. The van der Waals surface area contributed by atoms with Gasteiger partial charge in [-0.3, -0.25) is 14.5 Å². The summed E-state index contributed by atoms with van der Waals surface area (Å²) in [6.45, 7) is -0.415. The molecule has 1 amide bonds. The van der Waals surface area contributed by atoms with Crippen LogP contribution in [0, 0.1) is 0 Å². The number of anilines is 2. The quantitative estimate of drug-likeness (QED) is 0.332. The number of fused-ring (bicyclic) bond motifs is 3. The number of hydrogen-bond acceptors (Lipinski definition) is 5. The van der Waals surface area contributed by atoms with Gasteiger partial charge in [-0.2, -0.15) is 0 Å². The van der Waals surface area contributed by atoms with Crippen molar-refractivity contribution in [3.63, 3.8) is 0 Å². The van der Waals surface area contributed by atoms with Gasteiger partial charge in [-0.1, -0.05) is 46.3 Å². The van der Waals surface area contributed by atoms with Crippen LogP contribution in [0.15, 0.2) is 50.2 Å². The zero-order valence-corrected chi connectivity index (χ0v) is 21.6. The lowest BCUT2D eigenvalue weighted by Crippen LogP contribution is -2.33. The third-order valence-corrected chi connectivity index (χ3v) is 8.65. The van der Waals surface area contributed by atoms with Gasteiger partial charge in [0.25, 0.3) is 5.91 Å². The van der Waals surface area contributed by atoms with Crippen LogP contribution in [0.2, 0.25) is 0 Å². The SMILES string of the molecule is O=C(O)CN1C(=O)C(=Cc2cc(Br)c3c(c2)C2CCCC2N3c2ccc(Br)cc2)SC1=S. The van der Waals surface area contributed by atoms with E-state index in [4.69, 9.17) is 17.3 Å². The maximum atomic E-state index is 12.7. The fourth-order valence-corrected chi connectivity index (χ4v) is 7.09. The van der Waals surface area contributed by atoms with Gasteiger partial charge in [0.05, 0.1) is 10.6 Å². The van der Waals surface area contributed by atoms with E-state index in [1.165, 1.54) is 23.4 Å². The van der Waals surface area contributed by atoms with Crippen LogP contribution in [0.1, 0.15) is 36.3 Å². The minimum absolute atomic E-state index is 0.279. The minimum Gasteiger partial charge on any atom is -0.480 e. The molecule has 1 saturated carbocycles. The molecule has 2 atom stereocenters. The number of amides is 1. The second-order valence-electron chi connectivity index (χ2n) is 8.05. The van der Waals surface area contributed by atoms with E-state index in [0.29, 0.717) is 16.9 Å². The van der Waals surface area contributed by atoms with Gasteiger partial charge < -0.3 is 10.0 Å². The number of halogens is 2.